The molecular weight excluding hydrogens is 290 g/mol. The van der Waals surface area contributed by atoms with Crippen LogP contribution in [0.25, 0.3) is 11.2 Å². The van der Waals surface area contributed by atoms with Gasteiger partial charge in [-0.25, -0.2) is 9.59 Å². The first-order valence-corrected chi connectivity index (χ1v) is 6.63. The second-order valence-electron chi connectivity index (χ2n) is 4.42. The van der Waals surface area contributed by atoms with E-state index in [4.69, 9.17) is 15.6 Å². The molecule has 0 aromatic carbocycles. The Kier molecular flexibility index (Phi) is 4.63. The smallest absolute Gasteiger partial charge is 0.381 e. The van der Waals surface area contributed by atoms with Crippen molar-refractivity contribution in [3.63, 3.8) is 0 Å². The summed E-state index contributed by atoms with van der Waals surface area (Å²) in [5.74, 6) is 3.11. The van der Waals surface area contributed by atoms with Crippen LogP contribution in [0.5, 0.6) is 6.01 Å². The third kappa shape index (κ3) is 3.35. The van der Waals surface area contributed by atoms with Crippen LogP contribution < -0.4 is 16.2 Å². The Labute approximate surface area is 125 Å². The van der Waals surface area contributed by atoms with Gasteiger partial charge in [-0.15, -0.1) is 0 Å². The van der Waals surface area contributed by atoms with Crippen LogP contribution >= 0.6 is 0 Å². The highest BCUT2D eigenvalue weighted by molar-refractivity contribution is 5.86. The molecule has 4 N–H and O–H groups in total. The lowest BCUT2D eigenvalue weighted by Gasteiger charge is -2.05. The molecule has 0 aliphatic rings. The number of unbranched alkanes of at least 4 members (excludes halogenated alkanes) is 1. The van der Waals surface area contributed by atoms with E-state index in [0.717, 1.165) is 12.8 Å². The Morgan fingerprint density at radius 3 is 2.95 bits per heavy atom. The monoisotopic (exact) mass is 305 g/mol. The number of carboxylic acids is 1. The number of hydrogen-bond acceptors (Lipinski definition) is 6. The van der Waals surface area contributed by atoms with E-state index >= 15 is 0 Å². The molecule has 0 spiro atoms. The van der Waals surface area contributed by atoms with Gasteiger partial charge in [-0.05, 0) is 6.42 Å². The number of imidazole rings is 1. The largest absolute Gasteiger partial charge is 0.472 e. The van der Waals surface area contributed by atoms with Crippen molar-refractivity contribution < 1.29 is 14.6 Å². The number of nitrogens with zero attached hydrogens (tertiary/aromatic N) is 3. The fourth-order valence-corrected chi connectivity index (χ4v) is 1.74. The van der Waals surface area contributed by atoms with E-state index in [1.165, 1.54) is 4.57 Å². The number of nitrogens with two attached hydrogens (primary N) is 1. The molecule has 0 aliphatic heterocycles. The SMILES string of the molecule is CCCCOc1nc(N)c2[nH]c(=O)n(CC#CC(=O)O)c2n1. The molecule has 0 aliphatic carbocycles. The zero-order valence-electron chi connectivity index (χ0n) is 11.9. The predicted molar refractivity (Wildman–Crippen MR) is 78.4 cm³/mol. The first-order valence-electron chi connectivity index (χ1n) is 6.63. The lowest BCUT2D eigenvalue weighted by molar-refractivity contribution is -0.130. The number of rotatable bonds is 5. The summed E-state index contributed by atoms with van der Waals surface area (Å²) in [6, 6.07) is 0.0670. The van der Waals surface area contributed by atoms with Crippen LogP contribution in [0.3, 0.4) is 0 Å². The molecule has 116 valence electrons. The number of fused-ring (bicyclic) bond motifs is 1. The van der Waals surface area contributed by atoms with E-state index < -0.39 is 11.7 Å². The van der Waals surface area contributed by atoms with Gasteiger partial charge in [0.2, 0.25) is 0 Å². The number of aromatic amines is 1. The Hall–Kier alpha value is -3.02. The minimum atomic E-state index is -1.27. The Morgan fingerprint density at radius 1 is 1.50 bits per heavy atom. The molecule has 0 bridgehead atoms. The van der Waals surface area contributed by atoms with E-state index in [0.29, 0.717) is 6.61 Å². The average molecular weight is 305 g/mol. The van der Waals surface area contributed by atoms with Crippen molar-refractivity contribution in [2.75, 3.05) is 12.3 Å². The van der Waals surface area contributed by atoms with Gasteiger partial charge in [-0.3, -0.25) is 4.57 Å². The third-order valence-corrected chi connectivity index (χ3v) is 2.79. The molecule has 0 saturated carbocycles. The normalized spacial score (nSPS) is 10.2. The summed E-state index contributed by atoms with van der Waals surface area (Å²) in [5.41, 5.74) is 5.77. The summed E-state index contributed by atoms with van der Waals surface area (Å²) in [6.07, 6.45) is 1.79. The van der Waals surface area contributed by atoms with Gasteiger partial charge in [0.25, 0.3) is 0 Å². The summed E-state index contributed by atoms with van der Waals surface area (Å²) >= 11 is 0. The van der Waals surface area contributed by atoms with Gasteiger partial charge >= 0.3 is 17.7 Å². The second kappa shape index (κ2) is 6.62. The zero-order valence-corrected chi connectivity index (χ0v) is 11.9. The first-order chi connectivity index (χ1) is 10.5. The van der Waals surface area contributed by atoms with E-state index in [9.17, 15) is 9.59 Å². The van der Waals surface area contributed by atoms with E-state index in [-0.39, 0.29) is 29.5 Å². The topological polar surface area (TPSA) is 136 Å². The van der Waals surface area contributed by atoms with Gasteiger partial charge in [0.1, 0.15) is 5.52 Å². The molecule has 9 heteroatoms. The Bertz CT molecular complexity index is 811. The molecule has 0 unspecified atom stereocenters. The minimum Gasteiger partial charge on any atom is -0.472 e. The zero-order chi connectivity index (χ0) is 16.1. The maximum absolute atomic E-state index is 11.9. The van der Waals surface area contributed by atoms with Crippen LogP contribution in [-0.2, 0) is 11.3 Å². The summed E-state index contributed by atoms with van der Waals surface area (Å²) in [5, 5.41) is 8.50. The van der Waals surface area contributed by atoms with E-state index in [1.54, 1.807) is 0 Å². The van der Waals surface area contributed by atoms with Gasteiger partial charge in [-0.1, -0.05) is 19.3 Å². The standard InChI is InChI=1S/C13H15N5O4/c1-2-3-7-22-12-16-10(14)9-11(17-12)18(13(21)15-9)6-4-5-8(19)20/h2-3,6-7H2,1H3,(H,15,21)(H,19,20)(H2,14,16,17). The molecule has 0 saturated heterocycles. The van der Waals surface area contributed by atoms with Crippen molar-refractivity contribution in [3.8, 4) is 17.9 Å². The number of anilines is 1. The molecular formula is C13H15N5O4. The van der Waals surface area contributed by atoms with Crippen molar-refractivity contribution in [2.24, 2.45) is 0 Å². The van der Waals surface area contributed by atoms with Crippen LogP contribution in [0.4, 0.5) is 5.82 Å². The molecule has 0 amide bonds. The van der Waals surface area contributed by atoms with Crippen LogP contribution in [0, 0.1) is 11.8 Å². The van der Waals surface area contributed by atoms with Gasteiger partial charge in [0.05, 0.1) is 13.2 Å². The maximum Gasteiger partial charge on any atom is 0.381 e. The number of H-pyrrole nitrogens is 1. The molecule has 0 radical (unpaired) electrons. The highest BCUT2D eigenvalue weighted by atomic mass is 16.5. The molecule has 2 heterocycles. The summed E-state index contributed by atoms with van der Waals surface area (Å²) in [7, 11) is 0. The molecule has 0 atom stereocenters. The fourth-order valence-electron chi connectivity index (χ4n) is 1.74. The molecule has 2 aromatic rings. The maximum atomic E-state index is 11.9. The average Bonchev–Trinajstić information content (AvgIpc) is 2.76. The van der Waals surface area contributed by atoms with Gasteiger partial charge in [-0.2, -0.15) is 9.97 Å². The molecule has 0 fully saturated rings. The van der Waals surface area contributed by atoms with Crippen molar-refractivity contribution in [1.82, 2.24) is 19.5 Å². The number of carboxylic acid groups (broad SMARTS) is 1. The summed E-state index contributed by atoms with van der Waals surface area (Å²) < 4.78 is 6.56. The quantitative estimate of drug-likeness (QED) is 0.521. The van der Waals surface area contributed by atoms with Crippen molar-refractivity contribution in [3.05, 3.63) is 10.5 Å². The Morgan fingerprint density at radius 2 is 2.27 bits per heavy atom. The summed E-state index contributed by atoms with van der Waals surface area (Å²) in [4.78, 5) is 32.9. The molecule has 22 heavy (non-hydrogen) atoms. The number of ether oxygens (including phenoxy) is 1. The minimum absolute atomic E-state index is 0.0670. The number of nitrogen functional groups attached to an aromatic ring is 1. The highest BCUT2D eigenvalue weighted by Crippen LogP contribution is 2.17. The number of aromatic nitrogens is 4. The molecule has 2 aromatic heterocycles. The van der Waals surface area contributed by atoms with Gasteiger partial charge < -0.3 is 20.6 Å². The highest BCUT2D eigenvalue weighted by Gasteiger charge is 2.13. The van der Waals surface area contributed by atoms with Crippen molar-refractivity contribution >= 4 is 23.0 Å². The number of aliphatic carboxylic acids is 1. The lowest BCUT2D eigenvalue weighted by atomic mass is 10.4. The van der Waals surface area contributed by atoms with Crippen LogP contribution in [0.2, 0.25) is 0 Å². The Balaban J connectivity index is 2.39. The van der Waals surface area contributed by atoms with Crippen LogP contribution in [0.1, 0.15) is 19.8 Å². The number of carbonyl (C=O) groups is 1. The van der Waals surface area contributed by atoms with Crippen molar-refractivity contribution in [1.29, 1.82) is 0 Å². The van der Waals surface area contributed by atoms with Crippen LogP contribution in [0.15, 0.2) is 4.79 Å². The van der Waals surface area contributed by atoms with Gasteiger partial charge in [0, 0.05) is 5.92 Å². The summed E-state index contributed by atoms with van der Waals surface area (Å²) in [6.45, 7) is 2.33. The molecule has 2 rings (SSSR count). The van der Waals surface area contributed by atoms with E-state index in [1.807, 2.05) is 12.8 Å². The van der Waals surface area contributed by atoms with Crippen LogP contribution in [-0.4, -0.2) is 37.2 Å². The predicted octanol–water partition coefficient (Wildman–Crippen LogP) is -0.0313. The fraction of sp³-hybridized carbons (Fsp3) is 0.385. The molecule has 9 nitrogen and oxygen atoms in total. The van der Waals surface area contributed by atoms with Crippen molar-refractivity contribution in [2.45, 2.75) is 26.3 Å². The first kappa shape index (κ1) is 15.4. The third-order valence-electron chi connectivity index (χ3n) is 2.79. The number of hydrogen-bond donors (Lipinski definition) is 3. The van der Waals surface area contributed by atoms with Gasteiger partial charge in [0.15, 0.2) is 11.5 Å². The second-order valence-corrected chi connectivity index (χ2v) is 4.42. The van der Waals surface area contributed by atoms with E-state index in [2.05, 4.69) is 20.9 Å². The number of nitrogens with one attached hydrogen (secondary N) is 1. The lowest BCUT2D eigenvalue weighted by Crippen LogP contribution is -2.16.